The van der Waals surface area contributed by atoms with E-state index in [1.807, 2.05) is 4.90 Å². The lowest BCUT2D eigenvalue weighted by molar-refractivity contribution is -0.138. The van der Waals surface area contributed by atoms with Gasteiger partial charge in [-0.15, -0.1) is 11.6 Å². The Bertz CT molecular complexity index is 781. The lowest BCUT2D eigenvalue weighted by Gasteiger charge is -2.30. The number of carbonyl (C=O) groups is 1. The van der Waals surface area contributed by atoms with Crippen LogP contribution in [0.1, 0.15) is 23.6 Å². The molecule has 0 aromatic heterocycles. The monoisotopic (exact) mass is 386 g/mol. The number of fused-ring (bicyclic) bond motifs is 3. The number of hydrogen-bond donors (Lipinski definition) is 0. The number of rotatable bonds is 4. The smallest absolute Gasteiger partial charge is 0.337 e. The molecule has 1 fully saturated rings. The summed E-state index contributed by atoms with van der Waals surface area (Å²) in [6.07, 6.45) is 0.206. The molecular weight excluding hydrogens is 367 g/mol. The van der Waals surface area contributed by atoms with Crippen LogP contribution in [0.4, 0.5) is 10.1 Å². The molecule has 0 amide bonds. The van der Waals surface area contributed by atoms with Crippen molar-refractivity contribution in [3.63, 3.8) is 0 Å². The van der Waals surface area contributed by atoms with Gasteiger partial charge in [-0.25, -0.2) is 9.18 Å². The molecule has 2 atom stereocenters. The van der Waals surface area contributed by atoms with Crippen LogP contribution in [-0.4, -0.2) is 48.1 Å². The highest BCUT2D eigenvalue weighted by molar-refractivity contribution is 7.89. The van der Waals surface area contributed by atoms with Crippen molar-refractivity contribution in [1.82, 2.24) is 4.90 Å². The molecule has 8 heteroatoms. The third-order valence-electron chi connectivity index (χ3n) is 4.31. The van der Waals surface area contributed by atoms with Gasteiger partial charge in [-0.3, -0.25) is 9.11 Å². The van der Waals surface area contributed by atoms with E-state index in [0.29, 0.717) is 34.0 Å². The average Bonchev–Trinajstić information content (AvgIpc) is 2.95. The van der Waals surface area contributed by atoms with Crippen molar-refractivity contribution in [2.24, 2.45) is 0 Å². The molecule has 0 bridgehead atoms. The van der Waals surface area contributed by atoms with E-state index in [0.717, 1.165) is 5.69 Å². The number of nitrogens with zero attached hydrogens (tertiary/aromatic N) is 2. The lowest BCUT2D eigenvalue weighted by atomic mass is 9.97. The first-order valence-electron chi connectivity index (χ1n) is 8.04. The van der Waals surface area contributed by atoms with Crippen LogP contribution < -0.4 is 4.90 Å². The summed E-state index contributed by atoms with van der Waals surface area (Å²) in [6.45, 7) is 2.47. The summed E-state index contributed by atoms with van der Waals surface area (Å²) in [4.78, 5) is 15.8. The highest BCUT2D eigenvalue weighted by Crippen LogP contribution is 2.41. The van der Waals surface area contributed by atoms with Gasteiger partial charge in [0.05, 0.1) is 23.0 Å². The topological polar surface area (TPSA) is 49.9 Å². The lowest BCUT2D eigenvalue weighted by Crippen LogP contribution is -2.29. The molecule has 1 aromatic rings. The largest absolute Gasteiger partial charge is 0.463 e. The highest BCUT2D eigenvalue weighted by Gasteiger charge is 2.37. The van der Waals surface area contributed by atoms with E-state index in [4.69, 9.17) is 16.3 Å². The van der Waals surface area contributed by atoms with E-state index in [1.165, 1.54) is 6.07 Å². The summed E-state index contributed by atoms with van der Waals surface area (Å²) in [5.74, 6) is -0.474. The van der Waals surface area contributed by atoms with E-state index >= 15 is 0 Å². The number of benzene rings is 1. The molecule has 0 saturated carbocycles. The average molecular weight is 387 g/mol. The minimum atomic E-state index is -1.26. The molecule has 2 unspecified atom stereocenters. The van der Waals surface area contributed by atoms with E-state index in [1.54, 1.807) is 32.0 Å². The van der Waals surface area contributed by atoms with Crippen molar-refractivity contribution < 1.29 is 18.1 Å². The number of hydrogen-bond acceptors (Lipinski definition) is 5. The van der Waals surface area contributed by atoms with Gasteiger partial charge < -0.3 is 9.64 Å². The Balaban J connectivity index is 2.10. The molecule has 25 heavy (non-hydrogen) atoms. The maximum Gasteiger partial charge on any atom is 0.337 e. The van der Waals surface area contributed by atoms with Crippen molar-refractivity contribution in [3.8, 4) is 0 Å². The van der Waals surface area contributed by atoms with Crippen LogP contribution in [0.3, 0.4) is 0 Å². The molecule has 1 aromatic carbocycles. The molecule has 0 aliphatic carbocycles. The molecular formula is C17H20ClFN2O3S. The zero-order valence-corrected chi connectivity index (χ0v) is 15.9. The Hall–Kier alpha value is -1.44. The summed E-state index contributed by atoms with van der Waals surface area (Å²) in [5.41, 5.74) is 1.54. The van der Waals surface area contributed by atoms with Crippen molar-refractivity contribution in [2.45, 2.75) is 18.8 Å². The third kappa shape index (κ3) is 3.20. The SMILES string of the molecule is CCOC(=O)C1=C2N(CCS2=O)c2cc(C(Cl)N(C)C)c(F)cc2C1. The fourth-order valence-corrected chi connectivity index (χ4v) is 4.72. The van der Waals surface area contributed by atoms with Gasteiger partial charge in [0.1, 0.15) is 16.3 Å². The number of carbonyl (C=O) groups excluding carboxylic acids is 1. The van der Waals surface area contributed by atoms with Crippen molar-refractivity contribution >= 4 is 34.1 Å². The van der Waals surface area contributed by atoms with Gasteiger partial charge in [-0.1, -0.05) is 0 Å². The Kier molecular flexibility index (Phi) is 5.18. The highest BCUT2D eigenvalue weighted by atomic mass is 35.5. The maximum atomic E-state index is 14.6. The van der Waals surface area contributed by atoms with Crippen molar-refractivity contribution in [1.29, 1.82) is 0 Å². The van der Waals surface area contributed by atoms with E-state index < -0.39 is 28.1 Å². The predicted molar refractivity (Wildman–Crippen MR) is 96.4 cm³/mol. The van der Waals surface area contributed by atoms with Crippen LogP contribution in [0.5, 0.6) is 0 Å². The van der Waals surface area contributed by atoms with Gasteiger partial charge in [-0.05, 0) is 38.7 Å². The zero-order chi connectivity index (χ0) is 18.3. The van der Waals surface area contributed by atoms with Crippen LogP contribution >= 0.6 is 11.6 Å². The molecule has 2 aliphatic rings. The number of halogens is 2. The van der Waals surface area contributed by atoms with Gasteiger partial charge in [-0.2, -0.15) is 0 Å². The standard InChI is InChI=1S/C17H20ClFN2O3S/c1-4-24-17(22)12-7-10-8-13(19)11(15(18)20(2)3)9-14(10)21-5-6-25(23)16(12)21/h8-9,15H,4-7H2,1-3H3. The quantitative estimate of drug-likeness (QED) is 0.452. The Labute approximate surface area is 153 Å². The van der Waals surface area contributed by atoms with Gasteiger partial charge in [0.25, 0.3) is 0 Å². The minimum absolute atomic E-state index is 0.206. The van der Waals surface area contributed by atoms with Crippen LogP contribution in [0.25, 0.3) is 0 Å². The normalized spacial score (nSPS) is 20.6. The second-order valence-electron chi connectivity index (χ2n) is 6.18. The second kappa shape index (κ2) is 7.05. The summed E-state index contributed by atoms with van der Waals surface area (Å²) >= 11 is 6.30. The molecule has 0 spiro atoms. The minimum Gasteiger partial charge on any atom is -0.463 e. The molecule has 1 saturated heterocycles. The van der Waals surface area contributed by atoms with Crippen LogP contribution in [-0.2, 0) is 26.8 Å². The Morgan fingerprint density at radius 3 is 2.84 bits per heavy atom. The molecule has 2 aliphatic heterocycles. The number of alkyl halides is 1. The first-order valence-corrected chi connectivity index (χ1v) is 9.79. The van der Waals surface area contributed by atoms with E-state index in [9.17, 15) is 13.4 Å². The van der Waals surface area contributed by atoms with Gasteiger partial charge >= 0.3 is 5.97 Å². The van der Waals surface area contributed by atoms with Gasteiger partial charge in [0.15, 0.2) is 0 Å². The summed E-state index contributed by atoms with van der Waals surface area (Å²) in [7, 11) is 2.27. The number of anilines is 1. The van der Waals surface area contributed by atoms with Crippen LogP contribution in [0, 0.1) is 5.82 Å². The van der Waals surface area contributed by atoms with Crippen LogP contribution in [0.15, 0.2) is 22.7 Å². The zero-order valence-electron chi connectivity index (χ0n) is 14.3. The van der Waals surface area contributed by atoms with E-state index in [-0.39, 0.29) is 13.0 Å². The fourth-order valence-electron chi connectivity index (χ4n) is 3.14. The first kappa shape index (κ1) is 18.4. The third-order valence-corrected chi connectivity index (χ3v) is 6.38. The predicted octanol–water partition coefficient (Wildman–Crippen LogP) is 2.52. The molecule has 3 rings (SSSR count). The first-order chi connectivity index (χ1) is 11.8. The Morgan fingerprint density at radius 1 is 1.48 bits per heavy atom. The molecule has 0 N–H and O–H groups in total. The Morgan fingerprint density at radius 2 is 2.20 bits per heavy atom. The number of esters is 1. The van der Waals surface area contributed by atoms with Crippen molar-refractivity contribution in [3.05, 3.63) is 39.7 Å². The molecule has 5 nitrogen and oxygen atoms in total. The summed E-state index contributed by atoms with van der Waals surface area (Å²) in [5, 5.41) is 0.486. The maximum absolute atomic E-state index is 14.6. The second-order valence-corrected chi connectivity index (χ2v) is 8.08. The number of ether oxygens (including phenoxy) is 1. The fraction of sp³-hybridized carbons (Fsp3) is 0.471. The summed E-state index contributed by atoms with van der Waals surface area (Å²) < 4.78 is 32.1. The van der Waals surface area contributed by atoms with Crippen molar-refractivity contribution in [2.75, 3.05) is 37.9 Å². The molecule has 0 radical (unpaired) electrons. The van der Waals surface area contributed by atoms with Gasteiger partial charge in [0, 0.05) is 30.0 Å². The van der Waals surface area contributed by atoms with Gasteiger partial charge in [0.2, 0.25) is 0 Å². The van der Waals surface area contributed by atoms with Crippen LogP contribution in [0.2, 0.25) is 0 Å². The molecule has 2 heterocycles. The molecule has 136 valence electrons. The summed E-state index contributed by atoms with van der Waals surface area (Å²) in [6, 6.07) is 3.12. The van der Waals surface area contributed by atoms with E-state index in [2.05, 4.69) is 0 Å².